The van der Waals surface area contributed by atoms with Crippen molar-refractivity contribution in [2.75, 3.05) is 27.4 Å². The molecule has 0 N–H and O–H groups in total. The van der Waals surface area contributed by atoms with Gasteiger partial charge < -0.3 is 18.9 Å². The molecule has 0 unspecified atom stereocenters. The van der Waals surface area contributed by atoms with Crippen LogP contribution >= 0.6 is 27.7 Å². The van der Waals surface area contributed by atoms with E-state index in [1.807, 2.05) is 31.2 Å². The van der Waals surface area contributed by atoms with Crippen LogP contribution in [0.5, 0.6) is 23.0 Å². The Bertz CT molecular complexity index is 1400. The number of imide groups is 1. The molecular formula is C28H24BrNO7S. The van der Waals surface area contributed by atoms with Gasteiger partial charge in [0.25, 0.3) is 11.1 Å². The number of halogens is 1. The summed E-state index contributed by atoms with van der Waals surface area (Å²) in [7, 11) is 2.98. The maximum Gasteiger partial charge on any atom is 0.343 e. The highest BCUT2D eigenvalue weighted by Gasteiger charge is 2.35. The summed E-state index contributed by atoms with van der Waals surface area (Å²) in [6, 6.07) is 17.4. The van der Waals surface area contributed by atoms with Crippen LogP contribution in [0.2, 0.25) is 0 Å². The van der Waals surface area contributed by atoms with E-state index >= 15 is 0 Å². The van der Waals surface area contributed by atoms with Crippen LogP contribution in [0.15, 0.2) is 70.0 Å². The lowest BCUT2D eigenvalue weighted by Crippen LogP contribution is -2.32. The minimum Gasteiger partial charge on any atom is -0.497 e. The minimum absolute atomic E-state index is 0.128. The van der Waals surface area contributed by atoms with Crippen molar-refractivity contribution in [3.05, 3.63) is 86.7 Å². The van der Waals surface area contributed by atoms with Crippen molar-refractivity contribution in [3.8, 4) is 23.0 Å². The van der Waals surface area contributed by atoms with Crippen molar-refractivity contribution < 1.29 is 33.3 Å². The Morgan fingerprint density at radius 1 is 1.00 bits per heavy atom. The first-order chi connectivity index (χ1) is 18.3. The average Bonchev–Trinajstić information content (AvgIpc) is 3.17. The van der Waals surface area contributed by atoms with Gasteiger partial charge >= 0.3 is 5.97 Å². The lowest BCUT2D eigenvalue weighted by molar-refractivity contribution is -0.123. The Hall–Kier alpha value is -3.76. The minimum atomic E-state index is -0.576. The number of aryl methyl sites for hydroxylation is 1. The predicted octanol–water partition coefficient (Wildman–Crippen LogP) is 6.11. The van der Waals surface area contributed by atoms with E-state index in [-0.39, 0.29) is 34.8 Å². The fourth-order valence-corrected chi connectivity index (χ4v) is 5.01. The summed E-state index contributed by atoms with van der Waals surface area (Å²) in [6.45, 7) is 2.27. The molecule has 38 heavy (non-hydrogen) atoms. The van der Waals surface area contributed by atoms with Crippen molar-refractivity contribution in [3.63, 3.8) is 0 Å². The lowest BCUT2D eigenvalue weighted by atomic mass is 10.1. The number of thioether (sulfide) groups is 1. The summed E-state index contributed by atoms with van der Waals surface area (Å²) in [6.07, 6.45) is 1.59. The van der Waals surface area contributed by atoms with Crippen molar-refractivity contribution >= 4 is 50.9 Å². The molecule has 0 aliphatic carbocycles. The van der Waals surface area contributed by atoms with Crippen molar-refractivity contribution in [1.82, 2.24) is 4.90 Å². The molecular weight excluding hydrogens is 574 g/mol. The number of carbonyl (C=O) groups excluding carboxylic acids is 3. The first-order valence-electron chi connectivity index (χ1n) is 11.5. The van der Waals surface area contributed by atoms with E-state index in [0.29, 0.717) is 27.1 Å². The Labute approximate surface area is 232 Å². The fourth-order valence-electron chi connectivity index (χ4n) is 3.60. The van der Waals surface area contributed by atoms with Gasteiger partial charge in [0.05, 0.1) is 35.7 Å². The van der Waals surface area contributed by atoms with E-state index in [2.05, 4.69) is 15.9 Å². The predicted molar refractivity (Wildman–Crippen MR) is 148 cm³/mol. The Kier molecular flexibility index (Phi) is 8.75. The second kappa shape index (κ2) is 12.2. The lowest BCUT2D eigenvalue weighted by Gasteiger charge is -2.14. The first-order valence-corrected chi connectivity index (χ1v) is 13.1. The normalized spacial score (nSPS) is 14.1. The van der Waals surface area contributed by atoms with Gasteiger partial charge in [0.15, 0.2) is 11.5 Å². The highest BCUT2D eigenvalue weighted by atomic mass is 79.9. The first kappa shape index (κ1) is 27.3. The van der Waals surface area contributed by atoms with Crippen LogP contribution in [-0.2, 0) is 4.79 Å². The molecule has 0 radical (unpaired) electrons. The zero-order valence-electron chi connectivity index (χ0n) is 20.9. The van der Waals surface area contributed by atoms with Crippen LogP contribution < -0.4 is 18.9 Å². The van der Waals surface area contributed by atoms with Gasteiger partial charge in [-0.25, -0.2) is 4.79 Å². The number of rotatable bonds is 9. The molecule has 0 saturated carbocycles. The van der Waals surface area contributed by atoms with E-state index in [0.717, 1.165) is 22.2 Å². The number of hydrogen-bond acceptors (Lipinski definition) is 8. The molecule has 0 bridgehead atoms. The van der Waals surface area contributed by atoms with Gasteiger partial charge in [-0.1, -0.05) is 12.1 Å². The van der Waals surface area contributed by atoms with Crippen molar-refractivity contribution in [2.45, 2.75) is 6.92 Å². The highest BCUT2D eigenvalue weighted by Crippen LogP contribution is 2.39. The van der Waals surface area contributed by atoms with Gasteiger partial charge in [-0.2, -0.15) is 0 Å². The van der Waals surface area contributed by atoms with Crippen LogP contribution in [0, 0.1) is 6.92 Å². The Morgan fingerprint density at radius 3 is 2.45 bits per heavy atom. The largest absolute Gasteiger partial charge is 0.497 e. The third kappa shape index (κ3) is 6.38. The molecule has 1 heterocycles. The Balaban J connectivity index is 1.46. The summed E-state index contributed by atoms with van der Waals surface area (Å²) in [4.78, 5) is 39.5. The summed E-state index contributed by atoms with van der Waals surface area (Å²) >= 11 is 4.27. The molecule has 0 spiro atoms. The number of ether oxygens (including phenoxy) is 4. The number of hydrogen-bond donors (Lipinski definition) is 0. The third-order valence-corrected chi connectivity index (χ3v) is 7.01. The molecule has 1 aliphatic rings. The smallest absolute Gasteiger partial charge is 0.343 e. The van der Waals surface area contributed by atoms with Crippen molar-refractivity contribution in [1.29, 1.82) is 0 Å². The SMILES string of the molecule is COc1ccc(C(=O)Oc2c(Br)cc(/C=C3\SC(=O)N(CCOc4cccc(C)c4)C3=O)cc2OC)cc1. The maximum absolute atomic E-state index is 12.9. The summed E-state index contributed by atoms with van der Waals surface area (Å²) in [5, 5.41) is -0.370. The zero-order chi connectivity index (χ0) is 27.2. The van der Waals surface area contributed by atoms with Crippen LogP contribution in [-0.4, -0.2) is 49.4 Å². The molecule has 0 atom stereocenters. The zero-order valence-corrected chi connectivity index (χ0v) is 23.3. The second-order valence-corrected chi connectivity index (χ2v) is 10.00. The van der Waals surface area contributed by atoms with E-state index in [1.54, 1.807) is 49.6 Å². The summed E-state index contributed by atoms with van der Waals surface area (Å²) in [5.74, 6) is 0.779. The van der Waals surface area contributed by atoms with E-state index in [9.17, 15) is 14.4 Å². The molecule has 1 saturated heterocycles. The molecule has 1 fully saturated rings. The van der Waals surface area contributed by atoms with Gasteiger partial charge in [0.1, 0.15) is 18.1 Å². The number of nitrogens with zero attached hydrogens (tertiary/aromatic N) is 1. The maximum atomic E-state index is 12.9. The number of esters is 1. The molecule has 8 nitrogen and oxygen atoms in total. The topological polar surface area (TPSA) is 91.4 Å². The average molecular weight is 598 g/mol. The van der Waals surface area contributed by atoms with Crippen LogP contribution in [0.1, 0.15) is 21.5 Å². The second-order valence-electron chi connectivity index (χ2n) is 8.15. The quantitative estimate of drug-likeness (QED) is 0.166. The monoisotopic (exact) mass is 597 g/mol. The van der Waals surface area contributed by atoms with Crippen LogP contribution in [0.3, 0.4) is 0 Å². The van der Waals surface area contributed by atoms with E-state index in [4.69, 9.17) is 18.9 Å². The Morgan fingerprint density at radius 2 is 1.76 bits per heavy atom. The summed E-state index contributed by atoms with van der Waals surface area (Å²) < 4.78 is 22.2. The van der Waals surface area contributed by atoms with E-state index < -0.39 is 11.9 Å². The van der Waals surface area contributed by atoms with Gasteiger partial charge in [0.2, 0.25) is 0 Å². The molecule has 2 amide bonds. The third-order valence-electron chi connectivity index (χ3n) is 5.52. The standard InChI is InChI=1S/C28H24BrNO7S/c1-17-5-4-6-21(13-17)36-12-11-30-26(31)24(38-28(30)33)16-18-14-22(29)25(23(15-18)35-3)37-27(32)19-7-9-20(34-2)10-8-19/h4-10,13-16H,11-12H2,1-3H3/b24-16-. The molecule has 196 valence electrons. The molecule has 10 heteroatoms. The molecule has 3 aromatic rings. The number of methoxy groups -OCH3 is 2. The highest BCUT2D eigenvalue weighted by molar-refractivity contribution is 9.10. The van der Waals surface area contributed by atoms with Crippen LogP contribution in [0.4, 0.5) is 4.79 Å². The van der Waals surface area contributed by atoms with Gasteiger partial charge in [-0.15, -0.1) is 0 Å². The molecule has 3 aromatic carbocycles. The molecule has 1 aliphatic heterocycles. The number of amides is 2. The van der Waals surface area contributed by atoms with Gasteiger partial charge in [-0.3, -0.25) is 14.5 Å². The van der Waals surface area contributed by atoms with E-state index in [1.165, 1.54) is 7.11 Å². The number of carbonyl (C=O) groups is 3. The van der Waals surface area contributed by atoms with Crippen LogP contribution in [0.25, 0.3) is 6.08 Å². The fraction of sp³-hybridized carbons (Fsp3) is 0.179. The summed E-state index contributed by atoms with van der Waals surface area (Å²) in [5.41, 5.74) is 1.98. The number of benzene rings is 3. The van der Waals surface area contributed by atoms with Crippen molar-refractivity contribution in [2.24, 2.45) is 0 Å². The van der Waals surface area contributed by atoms with Gasteiger partial charge in [0, 0.05) is 0 Å². The molecule has 4 rings (SSSR count). The molecule has 0 aromatic heterocycles. The van der Waals surface area contributed by atoms with Gasteiger partial charge in [-0.05, 0) is 100 Å².